The molecule has 1 aromatic heterocycles. The normalized spacial score (nSPS) is 11.0. The molecule has 0 spiro atoms. The minimum absolute atomic E-state index is 0.425. The number of amides is 2. The molecule has 0 unspecified atom stereocenters. The van der Waals surface area contributed by atoms with Crippen molar-refractivity contribution in [2.45, 2.75) is 6.92 Å². The second-order valence-corrected chi connectivity index (χ2v) is 4.52. The highest BCUT2D eigenvalue weighted by Gasteiger charge is 2.13. The molecule has 0 saturated heterocycles. The highest BCUT2D eigenvalue weighted by atomic mass is 35.5. The van der Waals surface area contributed by atoms with Crippen LogP contribution in [-0.2, 0) is 9.59 Å². The van der Waals surface area contributed by atoms with Gasteiger partial charge in [-0.3, -0.25) is 9.59 Å². The van der Waals surface area contributed by atoms with E-state index >= 15 is 0 Å². The smallest absolute Gasteiger partial charge is 0.329 e. The molecule has 0 bridgehead atoms. The fraction of sp³-hybridized carbons (Fsp3) is 0.0714. The summed E-state index contributed by atoms with van der Waals surface area (Å²) in [5.41, 5.74) is 3.02. The van der Waals surface area contributed by atoms with Crippen LogP contribution in [0, 0.1) is 0 Å². The standard InChI is InChI=1S/C14H12ClN3O3/c1-9(12-6-3-7-21-12)17-18-14(20)13(19)16-11-5-2-4-10(15)8-11/h2-8H,1H3,(H,16,19)(H,18,20). The van der Waals surface area contributed by atoms with Gasteiger partial charge in [-0.25, -0.2) is 5.43 Å². The second kappa shape index (κ2) is 6.71. The number of anilines is 1. The number of nitrogens with one attached hydrogen (secondary N) is 2. The number of halogens is 1. The van der Waals surface area contributed by atoms with E-state index in [1.807, 2.05) is 0 Å². The van der Waals surface area contributed by atoms with Gasteiger partial charge in [-0.2, -0.15) is 5.10 Å². The maximum Gasteiger partial charge on any atom is 0.329 e. The van der Waals surface area contributed by atoms with Crippen LogP contribution in [0.2, 0.25) is 5.02 Å². The molecule has 0 aliphatic heterocycles. The topological polar surface area (TPSA) is 83.7 Å². The Labute approximate surface area is 125 Å². The first-order valence-electron chi connectivity index (χ1n) is 6.01. The van der Waals surface area contributed by atoms with Gasteiger partial charge in [0.15, 0.2) is 0 Å². The third-order valence-electron chi connectivity index (χ3n) is 2.49. The van der Waals surface area contributed by atoms with Gasteiger partial charge < -0.3 is 9.73 Å². The lowest BCUT2D eigenvalue weighted by molar-refractivity contribution is -0.136. The molecule has 2 amide bonds. The lowest BCUT2D eigenvalue weighted by Gasteiger charge is -2.04. The quantitative estimate of drug-likeness (QED) is 0.519. The van der Waals surface area contributed by atoms with Gasteiger partial charge in [-0.05, 0) is 37.3 Å². The number of benzene rings is 1. The highest BCUT2D eigenvalue weighted by Crippen LogP contribution is 2.14. The van der Waals surface area contributed by atoms with Crippen molar-refractivity contribution < 1.29 is 14.0 Å². The van der Waals surface area contributed by atoms with Crippen LogP contribution < -0.4 is 10.7 Å². The van der Waals surface area contributed by atoms with Crippen molar-refractivity contribution in [1.29, 1.82) is 0 Å². The van der Waals surface area contributed by atoms with E-state index in [0.717, 1.165) is 0 Å². The minimum Gasteiger partial charge on any atom is -0.463 e. The number of nitrogens with zero attached hydrogens (tertiary/aromatic N) is 1. The molecule has 0 radical (unpaired) electrons. The van der Waals surface area contributed by atoms with Gasteiger partial charge in [0, 0.05) is 10.7 Å². The first-order chi connectivity index (χ1) is 10.1. The second-order valence-electron chi connectivity index (χ2n) is 4.08. The van der Waals surface area contributed by atoms with Gasteiger partial charge in [0.2, 0.25) is 0 Å². The maximum atomic E-state index is 11.7. The maximum absolute atomic E-state index is 11.7. The Kier molecular flexibility index (Phi) is 4.73. The molecule has 0 aliphatic carbocycles. The molecule has 0 fully saturated rings. The molecular formula is C14H12ClN3O3. The summed E-state index contributed by atoms with van der Waals surface area (Å²) < 4.78 is 5.10. The number of rotatable bonds is 3. The number of carbonyl (C=O) groups excluding carboxylic acids is 2. The van der Waals surface area contributed by atoms with Crippen molar-refractivity contribution in [2.75, 3.05) is 5.32 Å². The van der Waals surface area contributed by atoms with Gasteiger partial charge in [-0.1, -0.05) is 17.7 Å². The Morgan fingerprint density at radius 1 is 1.19 bits per heavy atom. The Morgan fingerprint density at radius 3 is 2.67 bits per heavy atom. The summed E-state index contributed by atoms with van der Waals surface area (Å²) in [6.45, 7) is 1.65. The molecule has 0 atom stereocenters. The molecule has 21 heavy (non-hydrogen) atoms. The van der Waals surface area contributed by atoms with E-state index < -0.39 is 11.8 Å². The molecule has 6 nitrogen and oxygen atoms in total. The summed E-state index contributed by atoms with van der Waals surface area (Å²) in [6, 6.07) is 9.86. The zero-order valence-electron chi connectivity index (χ0n) is 11.1. The minimum atomic E-state index is -0.888. The molecule has 2 aromatic rings. The zero-order chi connectivity index (χ0) is 15.2. The number of hydrogen-bond acceptors (Lipinski definition) is 4. The fourth-order valence-corrected chi connectivity index (χ4v) is 1.67. The largest absolute Gasteiger partial charge is 0.463 e. The zero-order valence-corrected chi connectivity index (χ0v) is 11.8. The van der Waals surface area contributed by atoms with E-state index in [-0.39, 0.29) is 0 Å². The van der Waals surface area contributed by atoms with Crippen LogP contribution in [0.15, 0.2) is 52.2 Å². The Hall–Kier alpha value is -2.60. The Balaban J connectivity index is 1.94. The first kappa shape index (κ1) is 14.8. The third-order valence-corrected chi connectivity index (χ3v) is 2.73. The Morgan fingerprint density at radius 2 is 2.00 bits per heavy atom. The van der Waals surface area contributed by atoms with E-state index in [9.17, 15) is 9.59 Å². The highest BCUT2D eigenvalue weighted by molar-refractivity contribution is 6.39. The van der Waals surface area contributed by atoms with Crippen molar-refractivity contribution in [3.05, 3.63) is 53.4 Å². The van der Waals surface area contributed by atoms with E-state index in [1.165, 1.54) is 12.3 Å². The van der Waals surface area contributed by atoms with E-state index in [0.29, 0.717) is 22.2 Å². The lowest BCUT2D eigenvalue weighted by Crippen LogP contribution is -2.32. The molecular weight excluding hydrogens is 294 g/mol. The predicted molar refractivity (Wildman–Crippen MR) is 79.1 cm³/mol. The summed E-state index contributed by atoms with van der Waals surface area (Å²) in [7, 11) is 0. The fourth-order valence-electron chi connectivity index (χ4n) is 1.48. The molecule has 2 N–H and O–H groups in total. The van der Waals surface area contributed by atoms with Crippen molar-refractivity contribution in [2.24, 2.45) is 5.10 Å². The van der Waals surface area contributed by atoms with Crippen LogP contribution >= 0.6 is 11.6 Å². The average Bonchev–Trinajstić information content (AvgIpc) is 2.98. The van der Waals surface area contributed by atoms with Gasteiger partial charge in [0.05, 0.1) is 6.26 Å². The van der Waals surface area contributed by atoms with Gasteiger partial charge in [0.25, 0.3) is 0 Å². The molecule has 0 aliphatic rings. The van der Waals surface area contributed by atoms with Crippen LogP contribution in [0.5, 0.6) is 0 Å². The van der Waals surface area contributed by atoms with Crippen LogP contribution in [0.3, 0.4) is 0 Å². The summed E-state index contributed by atoms with van der Waals surface area (Å²) >= 11 is 5.78. The SMILES string of the molecule is CC(=NNC(=O)C(=O)Nc1cccc(Cl)c1)c1ccco1. The lowest BCUT2D eigenvalue weighted by atomic mass is 10.3. The van der Waals surface area contributed by atoms with Crippen molar-refractivity contribution in [3.8, 4) is 0 Å². The van der Waals surface area contributed by atoms with E-state index in [4.69, 9.17) is 16.0 Å². The molecule has 1 heterocycles. The molecule has 1 aromatic carbocycles. The third kappa shape index (κ3) is 4.19. The van der Waals surface area contributed by atoms with Crippen molar-refractivity contribution >= 4 is 34.8 Å². The van der Waals surface area contributed by atoms with Crippen LogP contribution in [0.25, 0.3) is 0 Å². The predicted octanol–water partition coefficient (Wildman–Crippen LogP) is 2.41. The van der Waals surface area contributed by atoms with E-state index in [1.54, 1.807) is 37.3 Å². The van der Waals surface area contributed by atoms with Crippen molar-refractivity contribution in [3.63, 3.8) is 0 Å². The Bertz CT molecular complexity index is 681. The number of carbonyl (C=O) groups is 2. The molecule has 7 heteroatoms. The summed E-state index contributed by atoms with van der Waals surface area (Å²) in [5, 5.41) is 6.65. The number of furan rings is 1. The molecule has 0 saturated carbocycles. The molecule has 2 rings (SSSR count). The van der Waals surface area contributed by atoms with Crippen LogP contribution in [0.4, 0.5) is 5.69 Å². The number of hydrazone groups is 1. The first-order valence-corrected chi connectivity index (χ1v) is 6.39. The molecule has 108 valence electrons. The summed E-state index contributed by atoms with van der Waals surface area (Å²) in [5.74, 6) is -1.22. The average molecular weight is 306 g/mol. The van der Waals surface area contributed by atoms with Gasteiger partial charge in [-0.15, -0.1) is 0 Å². The summed E-state index contributed by atoms with van der Waals surface area (Å²) in [6.07, 6.45) is 1.49. The van der Waals surface area contributed by atoms with E-state index in [2.05, 4.69) is 15.8 Å². The summed E-state index contributed by atoms with van der Waals surface area (Å²) in [4.78, 5) is 23.3. The van der Waals surface area contributed by atoms with Gasteiger partial charge in [0.1, 0.15) is 11.5 Å². The van der Waals surface area contributed by atoms with Crippen LogP contribution in [0.1, 0.15) is 12.7 Å². The number of hydrogen-bond donors (Lipinski definition) is 2. The van der Waals surface area contributed by atoms with Gasteiger partial charge >= 0.3 is 11.8 Å². The monoisotopic (exact) mass is 305 g/mol. The van der Waals surface area contributed by atoms with Crippen molar-refractivity contribution in [1.82, 2.24) is 5.43 Å². The van der Waals surface area contributed by atoms with Crippen LogP contribution in [-0.4, -0.2) is 17.5 Å².